The maximum atomic E-state index is 12.9. The second-order valence-corrected chi connectivity index (χ2v) is 7.30. The summed E-state index contributed by atoms with van der Waals surface area (Å²) in [7, 11) is 2.26. The van der Waals surface area contributed by atoms with Crippen LogP contribution in [-0.2, 0) is 4.79 Å². The highest BCUT2D eigenvalue weighted by Gasteiger charge is 2.40. The Balaban J connectivity index is 0.00000225. The predicted octanol–water partition coefficient (Wildman–Crippen LogP) is 4.38. The van der Waals surface area contributed by atoms with Gasteiger partial charge in [0.2, 0.25) is 5.91 Å². The van der Waals surface area contributed by atoms with Crippen molar-refractivity contribution in [2.75, 3.05) is 13.6 Å². The number of unbranched alkanes of at least 4 members (excludes halogenated alkanes) is 1. The third-order valence-electron chi connectivity index (χ3n) is 5.77. The van der Waals surface area contributed by atoms with Crippen molar-refractivity contribution in [1.29, 1.82) is 0 Å². The number of benzene rings is 1. The zero-order valence-electron chi connectivity index (χ0n) is 15.4. The van der Waals surface area contributed by atoms with E-state index in [2.05, 4.69) is 23.8 Å². The van der Waals surface area contributed by atoms with Gasteiger partial charge in [-0.25, -0.2) is 0 Å². The lowest BCUT2D eigenvalue weighted by molar-refractivity contribution is -0.129. The first-order valence-electron chi connectivity index (χ1n) is 9.44. The van der Waals surface area contributed by atoms with Crippen molar-refractivity contribution in [2.24, 2.45) is 0 Å². The van der Waals surface area contributed by atoms with Crippen LogP contribution in [0.15, 0.2) is 36.4 Å². The molecule has 2 atom stereocenters. The van der Waals surface area contributed by atoms with E-state index in [1.54, 1.807) is 6.08 Å². The van der Waals surface area contributed by atoms with Gasteiger partial charge in [-0.3, -0.25) is 4.79 Å². The lowest BCUT2D eigenvalue weighted by Gasteiger charge is -2.41. The van der Waals surface area contributed by atoms with E-state index < -0.39 is 0 Å². The first-order chi connectivity index (χ1) is 11.7. The Bertz CT molecular complexity index is 561. The summed E-state index contributed by atoms with van der Waals surface area (Å²) in [5.74, 6) is 0.182. The summed E-state index contributed by atoms with van der Waals surface area (Å²) < 4.78 is 0. The lowest BCUT2D eigenvalue weighted by Crippen LogP contribution is -2.50. The van der Waals surface area contributed by atoms with Gasteiger partial charge in [0.25, 0.3) is 0 Å². The SMILES string of the molecule is CCCCN(C(=O)/C=C\c1ccccc1)C1CC2CCC(C1)N2C.Cl. The largest absolute Gasteiger partial charge is 0.336 e. The molecule has 1 amide bonds. The molecule has 0 saturated carbocycles. The van der Waals surface area contributed by atoms with Crippen molar-refractivity contribution in [3.8, 4) is 0 Å². The zero-order valence-corrected chi connectivity index (χ0v) is 16.3. The number of nitrogens with zero attached hydrogens (tertiary/aromatic N) is 2. The van der Waals surface area contributed by atoms with E-state index in [0.717, 1.165) is 37.8 Å². The number of amides is 1. The Hall–Kier alpha value is -1.32. The molecule has 2 saturated heterocycles. The molecule has 0 radical (unpaired) electrons. The minimum absolute atomic E-state index is 0. The van der Waals surface area contributed by atoms with Gasteiger partial charge in [0.15, 0.2) is 0 Å². The molecule has 4 heteroatoms. The second kappa shape index (κ2) is 9.40. The number of fused-ring (bicyclic) bond motifs is 2. The predicted molar refractivity (Wildman–Crippen MR) is 107 cm³/mol. The molecular weight excluding hydrogens is 332 g/mol. The van der Waals surface area contributed by atoms with Crippen LogP contribution in [0, 0.1) is 0 Å². The van der Waals surface area contributed by atoms with Gasteiger partial charge in [0.1, 0.15) is 0 Å². The number of hydrogen-bond donors (Lipinski definition) is 0. The average Bonchev–Trinajstić information content (AvgIpc) is 2.82. The molecule has 2 unspecified atom stereocenters. The smallest absolute Gasteiger partial charge is 0.246 e. The number of hydrogen-bond acceptors (Lipinski definition) is 2. The zero-order chi connectivity index (χ0) is 16.9. The molecule has 1 aromatic rings. The molecule has 2 fully saturated rings. The molecule has 138 valence electrons. The Labute approximate surface area is 158 Å². The Morgan fingerprint density at radius 1 is 1.20 bits per heavy atom. The third kappa shape index (κ3) is 4.86. The van der Waals surface area contributed by atoms with E-state index >= 15 is 0 Å². The summed E-state index contributed by atoms with van der Waals surface area (Å²) in [6, 6.07) is 11.8. The average molecular weight is 363 g/mol. The summed E-state index contributed by atoms with van der Waals surface area (Å²) >= 11 is 0. The molecule has 2 heterocycles. The summed E-state index contributed by atoms with van der Waals surface area (Å²) in [6.45, 7) is 3.09. The molecular formula is C21H31ClN2O. The molecule has 0 aliphatic carbocycles. The van der Waals surface area contributed by atoms with Crippen LogP contribution in [0.5, 0.6) is 0 Å². The van der Waals surface area contributed by atoms with Crippen molar-refractivity contribution in [3.05, 3.63) is 42.0 Å². The van der Waals surface area contributed by atoms with Crippen LogP contribution in [-0.4, -0.2) is 47.4 Å². The Kier molecular flexibility index (Phi) is 7.52. The van der Waals surface area contributed by atoms with Gasteiger partial charge in [-0.2, -0.15) is 0 Å². The van der Waals surface area contributed by atoms with Crippen LogP contribution in [0.1, 0.15) is 51.0 Å². The van der Waals surface area contributed by atoms with E-state index in [4.69, 9.17) is 0 Å². The van der Waals surface area contributed by atoms with Crippen LogP contribution in [0.25, 0.3) is 6.08 Å². The first-order valence-corrected chi connectivity index (χ1v) is 9.44. The lowest BCUT2D eigenvalue weighted by atomic mass is 9.96. The van der Waals surface area contributed by atoms with E-state index in [1.165, 1.54) is 12.8 Å². The molecule has 0 spiro atoms. The molecule has 0 aromatic heterocycles. The van der Waals surface area contributed by atoms with Gasteiger partial charge in [-0.15, -0.1) is 12.4 Å². The van der Waals surface area contributed by atoms with Crippen molar-refractivity contribution in [1.82, 2.24) is 9.80 Å². The molecule has 1 aromatic carbocycles. The van der Waals surface area contributed by atoms with Crippen molar-refractivity contribution in [2.45, 2.75) is 63.6 Å². The highest BCUT2D eigenvalue weighted by atomic mass is 35.5. The molecule has 2 aliphatic rings. The highest BCUT2D eigenvalue weighted by Crippen LogP contribution is 2.36. The minimum Gasteiger partial charge on any atom is -0.336 e. The van der Waals surface area contributed by atoms with E-state index in [0.29, 0.717) is 18.1 Å². The van der Waals surface area contributed by atoms with E-state index in [9.17, 15) is 4.79 Å². The maximum Gasteiger partial charge on any atom is 0.246 e. The second-order valence-electron chi connectivity index (χ2n) is 7.30. The van der Waals surface area contributed by atoms with E-state index in [-0.39, 0.29) is 18.3 Å². The summed E-state index contributed by atoms with van der Waals surface area (Å²) in [6.07, 6.45) is 10.8. The van der Waals surface area contributed by atoms with Crippen molar-refractivity contribution >= 4 is 24.4 Å². The minimum atomic E-state index is 0. The van der Waals surface area contributed by atoms with Crippen LogP contribution in [0.2, 0.25) is 0 Å². The number of carbonyl (C=O) groups is 1. The molecule has 2 aliphatic heterocycles. The fourth-order valence-corrected chi connectivity index (χ4v) is 4.27. The topological polar surface area (TPSA) is 23.6 Å². The normalized spacial score (nSPS) is 25.8. The molecule has 25 heavy (non-hydrogen) atoms. The van der Waals surface area contributed by atoms with Gasteiger partial charge in [-0.1, -0.05) is 43.7 Å². The highest BCUT2D eigenvalue weighted by molar-refractivity contribution is 5.92. The number of carbonyl (C=O) groups excluding carboxylic acids is 1. The molecule has 2 bridgehead atoms. The van der Waals surface area contributed by atoms with Crippen LogP contribution in [0.3, 0.4) is 0 Å². The fraction of sp³-hybridized carbons (Fsp3) is 0.571. The number of rotatable bonds is 6. The van der Waals surface area contributed by atoms with Gasteiger partial charge >= 0.3 is 0 Å². The molecule has 0 N–H and O–H groups in total. The maximum absolute atomic E-state index is 12.9. The first kappa shape index (κ1) is 20.0. The van der Waals surface area contributed by atoms with E-state index in [1.807, 2.05) is 36.4 Å². The quantitative estimate of drug-likeness (QED) is 0.701. The summed E-state index contributed by atoms with van der Waals surface area (Å²) in [5.41, 5.74) is 1.09. The van der Waals surface area contributed by atoms with Gasteiger partial charge in [0.05, 0.1) is 0 Å². The standard InChI is InChI=1S/C21H30N2O.ClH/c1-3-4-14-23(20-15-18-11-12-19(16-20)22(18)2)21(24)13-10-17-8-6-5-7-9-17;/h5-10,13,18-20H,3-4,11-12,14-16H2,1-2H3;1H/b13-10-;. The summed E-state index contributed by atoms with van der Waals surface area (Å²) in [5, 5.41) is 0. The van der Waals surface area contributed by atoms with Crippen LogP contribution < -0.4 is 0 Å². The third-order valence-corrected chi connectivity index (χ3v) is 5.77. The van der Waals surface area contributed by atoms with Crippen LogP contribution >= 0.6 is 12.4 Å². The van der Waals surface area contributed by atoms with Crippen LogP contribution in [0.4, 0.5) is 0 Å². The Morgan fingerprint density at radius 3 is 2.44 bits per heavy atom. The monoisotopic (exact) mass is 362 g/mol. The number of piperidine rings is 1. The van der Waals surface area contributed by atoms with Gasteiger partial charge < -0.3 is 9.80 Å². The summed E-state index contributed by atoms with van der Waals surface area (Å²) in [4.78, 5) is 17.6. The number of halogens is 1. The fourth-order valence-electron chi connectivity index (χ4n) is 4.27. The molecule has 3 rings (SSSR count). The van der Waals surface area contributed by atoms with Gasteiger partial charge in [-0.05, 0) is 50.8 Å². The van der Waals surface area contributed by atoms with Gasteiger partial charge in [0, 0.05) is 30.7 Å². The van der Waals surface area contributed by atoms with Crippen molar-refractivity contribution in [3.63, 3.8) is 0 Å². The molecule has 3 nitrogen and oxygen atoms in total. The van der Waals surface area contributed by atoms with Crippen molar-refractivity contribution < 1.29 is 4.79 Å². The Morgan fingerprint density at radius 2 is 1.84 bits per heavy atom.